The van der Waals surface area contributed by atoms with E-state index in [0.717, 1.165) is 27.3 Å². The highest BCUT2D eigenvalue weighted by atomic mass is 32.2. The van der Waals surface area contributed by atoms with E-state index < -0.39 is 45.7 Å². The van der Waals surface area contributed by atoms with Crippen LogP contribution in [0.1, 0.15) is 45.4 Å². The van der Waals surface area contributed by atoms with Gasteiger partial charge in [0.2, 0.25) is 5.76 Å². The van der Waals surface area contributed by atoms with Crippen molar-refractivity contribution in [2.45, 2.75) is 56.8 Å². The summed E-state index contributed by atoms with van der Waals surface area (Å²) in [6.45, 7) is 6.84. The summed E-state index contributed by atoms with van der Waals surface area (Å²) in [5, 5.41) is 3.59. The Bertz CT molecular complexity index is 1270. The Hall–Kier alpha value is -2.70. The van der Waals surface area contributed by atoms with Gasteiger partial charge in [-0.15, -0.1) is 11.3 Å². The quantitative estimate of drug-likeness (QED) is 0.312. The van der Waals surface area contributed by atoms with Gasteiger partial charge >= 0.3 is 12.1 Å². The molecule has 1 fully saturated rings. The summed E-state index contributed by atoms with van der Waals surface area (Å²) in [6, 6.07) is 12.6. The van der Waals surface area contributed by atoms with Crippen LogP contribution in [0.4, 0.5) is 18.2 Å². The number of rotatable bonds is 6. The van der Waals surface area contributed by atoms with Crippen LogP contribution in [-0.4, -0.2) is 31.0 Å². The monoisotopic (exact) mass is 527 g/mol. The number of ether oxygens (including phenoxy) is 1. The molecule has 1 aliphatic rings. The molecule has 0 saturated heterocycles. The standard InChI is InChI=1S/C23H23F3N2O5S2/c1-20(2,3)32-19(29)22(13-21(22,4)14-8-6-5-7-9-14)28(35(30)31)18-11-10-16(34-18)15-12-17(33-27-15)23(24,25)26/h5-12H,13H2,1-4H3,(H,30,31)/p-1. The van der Waals surface area contributed by atoms with E-state index in [0.29, 0.717) is 0 Å². The van der Waals surface area contributed by atoms with Crippen LogP contribution in [0.15, 0.2) is 53.1 Å². The largest absolute Gasteiger partial charge is 0.755 e. The second-order valence-electron chi connectivity index (χ2n) is 9.46. The lowest BCUT2D eigenvalue weighted by Gasteiger charge is -2.37. The third-order valence-electron chi connectivity index (χ3n) is 5.87. The highest BCUT2D eigenvalue weighted by Crippen LogP contribution is 2.63. The molecule has 35 heavy (non-hydrogen) atoms. The van der Waals surface area contributed by atoms with Gasteiger partial charge in [-0.2, -0.15) is 13.2 Å². The third kappa shape index (κ3) is 4.50. The first kappa shape index (κ1) is 25.4. The summed E-state index contributed by atoms with van der Waals surface area (Å²) >= 11 is -2.03. The van der Waals surface area contributed by atoms with Crippen molar-refractivity contribution in [2.24, 2.45) is 0 Å². The predicted molar refractivity (Wildman–Crippen MR) is 123 cm³/mol. The molecule has 1 saturated carbocycles. The molecular weight excluding hydrogens is 505 g/mol. The van der Waals surface area contributed by atoms with Crippen molar-refractivity contribution in [3.8, 4) is 10.6 Å². The SMILES string of the molecule is CC(C)(C)OC(=O)C1(N(c2ccc(-c3cc(C(F)(F)F)on3)s2)S(=O)[O-])CC1(C)c1ccccc1. The average Bonchev–Trinajstić information content (AvgIpc) is 3.12. The highest BCUT2D eigenvalue weighted by Gasteiger charge is 2.75. The van der Waals surface area contributed by atoms with Crippen molar-refractivity contribution in [1.82, 2.24) is 5.16 Å². The fraction of sp³-hybridized carbons (Fsp3) is 0.391. The maximum atomic E-state index is 13.6. The zero-order chi connectivity index (χ0) is 25.8. The molecule has 3 atom stereocenters. The van der Waals surface area contributed by atoms with E-state index in [1.165, 1.54) is 12.1 Å². The average molecular weight is 528 g/mol. The number of benzene rings is 1. The summed E-state index contributed by atoms with van der Waals surface area (Å²) in [4.78, 5) is 13.8. The fourth-order valence-electron chi connectivity index (χ4n) is 4.14. The van der Waals surface area contributed by atoms with Gasteiger partial charge in [-0.3, -0.25) is 8.51 Å². The summed E-state index contributed by atoms with van der Waals surface area (Å²) in [7, 11) is 0. The van der Waals surface area contributed by atoms with Crippen LogP contribution in [-0.2, 0) is 32.4 Å². The first-order chi connectivity index (χ1) is 16.2. The summed E-state index contributed by atoms with van der Waals surface area (Å²) in [5.74, 6) is -1.98. The number of esters is 1. The molecule has 7 nitrogen and oxygen atoms in total. The summed E-state index contributed by atoms with van der Waals surface area (Å²) < 4.78 is 75.0. The molecule has 1 aromatic carbocycles. The molecule has 2 heterocycles. The zero-order valence-corrected chi connectivity index (χ0v) is 20.8. The first-order valence-corrected chi connectivity index (χ1v) is 12.4. The molecule has 12 heteroatoms. The lowest BCUT2D eigenvalue weighted by molar-refractivity contribution is -0.158. The van der Waals surface area contributed by atoms with Crippen LogP contribution in [0.5, 0.6) is 0 Å². The van der Waals surface area contributed by atoms with Crippen molar-refractivity contribution >= 4 is 33.6 Å². The van der Waals surface area contributed by atoms with Gasteiger partial charge in [0.1, 0.15) is 16.3 Å². The molecule has 1 aliphatic carbocycles. The van der Waals surface area contributed by atoms with Crippen molar-refractivity contribution in [3.63, 3.8) is 0 Å². The maximum absolute atomic E-state index is 13.6. The number of thiophene rings is 1. The van der Waals surface area contributed by atoms with Crippen LogP contribution in [0, 0.1) is 0 Å². The minimum Gasteiger partial charge on any atom is -0.755 e. The number of carbonyl (C=O) groups is 1. The number of alkyl halides is 3. The normalized spacial score (nSPS) is 23.1. The smallest absolute Gasteiger partial charge is 0.452 e. The van der Waals surface area contributed by atoms with Crippen molar-refractivity contribution in [2.75, 3.05) is 4.31 Å². The molecule has 0 amide bonds. The van der Waals surface area contributed by atoms with E-state index in [2.05, 4.69) is 9.68 Å². The number of hydrogen-bond acceptors (Lipinski definition) is 7. The van der Waals surface area contributed by atoms with Crippen LogP contribution in [0.2, 0.25) is 0 Å². The van der Waals surface area contributed by atoms with E-state index >= 15 is 0 Å². The molecule has 3 unspecified atom stereocenters. The number of aromatic nitrogens is 1. The molecular formula is C23H22F3N2O5S2-. The minimum atomic E-state index is -4.71. The van der Waals surface area contributed by atoms with Crippen LogP contribution in [0.25, 0.3) is 10.6 Å². The van der Waals surface area contributed by atoms with Crippen molar-refractivity contribution in [3.05, 3.63) is 59.9 Å². The molecule has 0 aliphatic heterocycles. The van der Waals surface area contributed by atoms with Gasteiger partial charge in [-0.1, -0.05) is 42.4 Å². The number of nitrogens with zero attached hydrogens (tertiary/aromatic N) is 2. The molecule has 0 bridgehead atoms. The number of halogens is 3. The second kappa shape index (κ2) is 8.45. The van der Waals surface area contributed by atoms with E-state index in [-0.39, 0.29) is 22.0 Å². The van der Waals surface area contributed by atoms with Crippen LogP contribution < -0.4 is 4.31 Å². The van der Waals surface area contributed by atoms with Crippen molar-refractivity contribution in [1.29, 1.82) is 0 Å². The molecule has 188 valence electrons. The Morgan fingerprint density at radius 3 is 2.40 bits per heavy atom. The van der Waals surface area contributed by atoms with Gasteiger partial charge in [0.05, 0.1) is 4.88 Å². The first-order valence-electron chi connectivity index (χ1n) is 10.5. The molecule has 2 aromatic heterocycles. The van der Waals surface area contributed by atoms with E-state index in [9.17, 15) is 26.7 Å². The lowest BCUT2D eigenvalue weighted by atomic mass is 9.92. The third-order valence-corrected chi connectivity index (χ3v) is 7.89. The Morgan fingerprint density at radius 1 is 1.20 bits per heavy atom. The molecule has 4 rings (SSSR count). The van der Waals surface area contributed by atoms with Gasteiger partial charge in [0.25, 0.3) is 0 Å². The van der Waals surface area contributed by atoms with Crippen LogP contribution in [0.3, 0.4) is 0 Å². The molecule has 3 aromatic rings. The van der Waals surface area contributed by atoms with Gasteiger partial charge in [-0.25, -0.2) is 4.79 Å². The Balaban J connectivity index is 1.79. The van der Waals surface area contributed by atoms with Crippen molar-refractivity contribution < 1.29 is 36.0 Å². The topological polar surface area (TPSA) is 95.7 Å². The van der Waals surface area contributed by atoms with Gasteiger partial charge in [0.15, 0.2) is 5.54 Å². The molecule has 0 N–H and O–H groups in total. The Labute approximate surface area is 206 Å². The van der Waals surface area contributed by atoms with E-state index in [4.69, 9.17) is 4.74 Å². The highest BCUT2D eigenvalue weighted by molar-refractivity contribution is 7.81. The van der Waals surface area contributed by atoms with E-state index in [1.807, 2.05) is 18.2 Å². The fourth-order valence-corrected chi connectivity index (χ4v) is 6.18. The number of hydrogen-bond donors (Lipinski definition) is 0. The van der Waals surface area contributed by atoms with Gasteiger partial charge in [0, 0.05) is 22.7 Å². The number of anilines is 1. The second-order valence-corrected chi connectivity index (χ2v) is 11.3. The van der Waals surface area contributed by atoms with E-state index in [1.54, 1.807) is 39.8 Å². The molecule has 0 radical (unpaired) electrons. The zero-order valence-electron chi connectivity index (χ0n) is 19.2. The van der Waals surface area contributed by atoms with Gasteiger partial charge in [-0.05, 0) is 44.9 Å². The lowest BCUT2D eigenvalue weighted by Crippen LogP contribution is -2.51. The minimum absolute atomic E-state index is 0.0989. The van der Waals surface area contributed by atoms with Gasteiger partial charge < -0.3 is 13.8 Å². The molecule has 0 spiro atoms. The maximum Gasteiger partial charge on any atom is 0.452 e. The predicted octanol–water partition coefficient (Wildman–Crippen LogP) is 5.46. The van der Waals surface area contributed by atoms with Crippen LogP contribution >= 0.6 is 11.3 Å². The number of carbonyl (C=O) groups excluding carboxylic acids is 1. The summed E-state index contributed by atoms with van der Waals surface area (Å²) in [6.07, 6.45) is -4.55. The summed E-state index contributed by atoms with van der Waals surface area (Å²) in [5.41, 5.74) is -2.71. The Kier molecular flexibility index (Phi) is 6.13. The Morgan fingerprint density at radius 2 is 1.86 bits per heavy atom.